The third-order valence-corrected chi connectivity index (χ3v) is 0.965. The van der Waals surface area contributed by atoms with E-state index in [-0.39, 0.29) is 5.56 Å². The molecule has 0 radical (unpaired) electrons. The summed E-state index contributed by atoms with van der Waals surface area (Å²) in [5.41, 5.74) is -0.271. The Bertz CT molecular complexity index is 262. The van der Waals surface area contributed by atoms with Crippen LogP contribution in [0.2, 0.25) is 0 Å². The Labute approximate surface area is 64.7 Å². The number of carbonyl (C=O) groups is 1. The zero-order valence-corrected chi connectivity index (χ0v) is 5.59. The van der Waals surface area contributed by atoms with Gasteiger partial charge in [0.05, 0.1) is 11.8 Å². The fourth-order valence-electron chi connectivity index (χ4n) is 0.545. The minimum absolute atomic E-state index is 0.271. The van der Waals surface area contributed by atoms with Crippen molar-refractivity contribution < 1.29 is 27.1 Å². The highest BCUT2D eigenvalue weighted by atomic mass is 19.4. The summed E-state index contributed by atoms with van der Waals surface area (Å²) in [6.07, 6.45) is -3.00. The highest BCUT2D eigenvalue weighted by Crippen LogP contribution is 2.18. The highest BCUT2D eigenvalue weighted by Gasteiger charge is 2.34. The first-order chi connectivity index (χ1) is 5.49. The zero-order chi connectivity index (χ0) is 9.19. The molecular weight excluding hydrogens is 177 g/mol. The lowest BCUT2D eigenvalue weighted by atomic mass is 10.3. The molecule has 0 N–H and O–H groups in total. The van der Waals surface area contributed by atoms with Crippen molar-refractivity contribution in [2.75, 3.05) is 0 Å². The Morgan fingerprint density at radius 3 is 2.58 bits per heavy atom. The van der Waals surface area contributed by atoms with E-state index in [1.165, 1.54) is 0 Å². The average Bonchev–Trinajstić information content (AvgIpc) is 2.32. The van der Waals surface area contributed by atoms with Gasteiger partial charge in [0.15, 0.2) is 0 Å². The summed E-state index contributed by atoms with van der Waals surface area (Å²) >= 11 is 0. The predicted octanol–water partition coefficient (Wildman–Crippen LogP) is 1.96. The maximum Gasteiger partial charge on any atom is 0.575 e. The van der Waals surface area contributed by atoms with E-state index in [2.05, 4.69) is 9.15 Å². The molecule has 66 valence electrons. The summed E-state index contributed by atoms with van der Waals surface area (Å²) in [7, 11) is 0. The van der Waals surface area contributed by atoms with Gasteiger partial charge in [-0.25, -0.2) is 4.79 Å². The first-order valence-corrected chi connectivity index (χ1v) is 2.81. The van der Waals surface area contributed by atoms with Crippen LogP contribution in [0.3, 0.4) is 0 Å². The van der Waals surface area contributed by atoms with E-state index < -0.39 is 12.3 Å². The Kier molecular flexibility index (Phi) is 2.07. The monoisotopic (exact) mass is 180 g/mol. The van der Waals surface area contributed by atoms with Crippen molar-refractivity contribution in [1.82, 2.24) is 0 Å². The molecule has 1 heterocycles. The zero-order valence-electron chi connectivity index (χ0n) is 5.59. The molecule has 12 heavy (non-hydrogen) atoms. The molecule has 3 nitrogen and oxygen atoms in total. The van der Waals surface area contributed by atoms with Gasteiger partial charge in [-0.05, 0) is 6.07 Å². The predicted molar refractivity (Wildman–Crippen MR) is 30.2 cm³/mol. The molecule has 1 rings (SSSR count). The van der Waals surface area contributed by atoms with Gasteiger partial charge >= 0.3 is 12.3 Å². The average molecular weight is 180 g/mol. The number of esters is 1. The Hall–Kier alpha value is -1.46. The molecule has 0 aliphatic heterocycles. The molecule has 0 amide bonds. The number of carbonyl (C=O) groups excluding carboxylic acids is 1. The van der Waals surface area contributed by atoms with Gasteiger partial charge in [0.1, 0.15) is 6.26 Å². The number of rotatable bonds is 1. The van der Waals surface area contributed by atoms with Crippen molar-refractivity contribution in [3.8, 4) is 0 Å². The second-order valence-corrected chi connectivity index (χ2v) is 1.85. The van der Waals surface area contributed by atoms with Crippen molar-refractivity contribution in [2.45, 2.75) is 6.36 Å². The van der Waals surface area contributed by atoms with Crippen LogP contribution in [-0.2, 0) is 4.74 Å². The smallest absolute Gasteiger partial charge is 0.472 e. The minimum atomic E-state index is -4.95. The molecule has 0 unspecified atom stereocenters. The summed E-state index contributed by atoms with van der Waals surface area (Å²) in [6, 6.07) is 1.08. The second kappa shape index (κ2) is 2.88. The maximum atomic E-state index is 11.4. The van der Waals surface area contributed by atoms with E-state index in [9.17, 15) is 18.0 Å². The summed E-state index contributed by atoms with van der Waals surface area (Å²) < 4.78 is 41.7. The Balaban J connectivity index is 2.63. The largest absolute Gasteiger partial charge is 0.575 e. The van der Waals surface area contributed by atoms with Gasteiger partial charge in [-0.3, -0.25) is 0 Å². The van der Waals surface area contributed by atoms with Gasteiger partial charge in [0.25, 0.3) is 0 Å². The topological polar surface area (TPSA) is 39.4 Å². The number of ether oxygens (including phenoxy) is 1. The first-order valence-electron chi connectivity index (χ1n) is 2.81. The van der Waals surface area contributed by atoms with E-state index in [0.717, 1.165) is 18.6 Å². The van der Waals surface area contributed by atoms with Crippen LogP contribution >= 0.6 is 0 Å². The summed E-state index contributed by atoms with van der Waals surface area (Å²) in [5, 5.41) is 0. The van der Waals surface area contributed by atoms with Crippen LogP contribution in [0, 0.1) is 0 Å². The number of hydrogen-bond donors (Lipinski definition) is 0. The molecule has 0 saturated carbocycles. The van der Waals surface area contributed by atoms with Crippen molar-refractivity contribution in [1.29, 1.82) is 0 Å². The van der Waals surface area contributed by atoms with E-state index in [1.54, 1.807) is 0 Å². The third-order valence-electron chi connectivity index (χ3n) is 0.965. The lowest BCUT2D eigenvalue weighted by Gasteiger charge is -2.04. The van der Waals surface area contributed by atoms with Crippen LogP contribution in [0.1, 0.15) is 10.4 Å². The first kappa shape index (κ1) is 8.63. The van der Waals surface area contributed by atoms with Crippen molar-refractivity contribution in [3.63, 3.8) is 0 Å². The molecule has 0 aliphatic carbocycles. The summed E-state index contributed by atoms with van der Waals surface area (Å²) in [5.74, 6) is -1.48. The summed E-state index contributed by atoms with van der Waals surface area (Å²) in [4.78, 5) is 10.5. The molecule has 0 aromatic carbocycles. The molecule has 6 heteroatoms. The van der Waals surface area contributed by atoms with Crippen LogP contribution in [-0.4, -0.2) is 12.3 Å². The molecule has 0 atom stereocenters. The van der Waals surface area contributed by atoms with Crippen molar-refractivity contribution >= 4 is 5.97 Å². The molecular formula is C6H3F3O3. The van der Waals surface area contributed by atoms with E-state index >= 15 is 0 Å². The number of hydrogen-bond acceptors (Lipinski definition) is 3. The fraction of sp³-hybridized carbons (Fsp3) is 0.167. The fourth-order valence-corrected chi connectivity index (χ4v) is 0.545. The lowest BCUT2D eigenvalue weighted by Crippen LogP contribution is -2.18. The molecule has 0 bridgehead atoms. The van der Waals surface area contributed by atoms with E-state index in [1.807, 2.05) is 0 Å². The van der Waals surface area contributed by atoms with Gasteiger partial charge < -0.3 is 9.15 Å². The standard InChI is InChI=1S/C6H3F3O3/c7-6(8,9)12-5(10)4-1-2-11-3-4/h1-3H. The SMILES string of the molecule is O=C(OC(F)(F)F)c1ccoc1. The maximum absolute atomic E-state index is 11.4. The van der Waals surface area contributed by atoms with E-state index in [0.29, 0.717) is 0 Å². The Morgan fingerprint density at radius 1 is 1.50 bits per heavy atom. The molecule has 0 spiro atoms. The number of furan rings is 1. The highest BCUT2D eigenvalue weighted by molar-refractivity contribution is 5.88. The summed E-state index contributed by atoms with van der Waals surface area (Å²) in [6.45, 7) is 0. The molecule has 0 aliphatic rings. The van der Waals surface area contributed by atoms with Crippen molar-refractivity contribution in [3.05, 3.63) is 24.2 Å². The molecule has 1 aromatic rings. The normalized spacial score (nSPS) is 11.2. The molecule has 0 fully saturated rings. The quantitative estimate of drug-likeness (QED) is 0.620. The van der Waals surface area contributed by atoms with Gasteiger partial charge in [0, 0.05) is 0 Å². The van der Waals surface area contributed by atoms with Crippen LogP contribution < -0.4 is 0 Å². The number of halogens is 3. The van der Waals surface area contributed by atoms with Gasteiger partial charge in [0.2, 0.25) is 0 Å². The lowest BCUT2D eigenvalue weighted by molar-refractivity contribution is -0.291. The van der Waals surface area contributed by atoms with Crippen LogP contribution in [0.25, 0.3) is 0 Å². The van der Waals surface area contributed by atoms with Gasteiger partial charge in [-0.1, -0.05) is 0 Å². The minimum Gasteiger partial charge on any atom is -0.472 e. The molecule has 1 aromatic heterocycles. The third kappa shape index (κ3) is 2.30. The van der Waals surface area contributed by atoms with Crippen LogP contribution in [0.15, 0.2) is 23.0 Å². The van der Waals surface area contributed by atoms with Crippen molar-refractivity contribution in [2.24, 2.45) is 0 Å². The van der Waals surface area contributed by atoms with Crippen LogP contribution in [0.4, 0.5) is 13.2 Å². The second-order valence-electron chi connectivity index (χ2n) is 1.85. The van der Waals surface area contributed by atoms with Gasteiger partial charge in [-0.15, -0.1) is 13.2 Å². The molecule has 0 saturated heterocycles. The van der Waals surface area contributed by atoms with Crippen LogP contribution in [0.5, 0.6) is 0 Å². The number of alkyl halides is 3. The Morgan fingerprint density at radius 2 is 2.17 bits per heavy atom. The van der Waals surface area contributed by atoms with Gasteiger partial charge in [-0.2, -0.15) is 0 Å². The van der Waals surface area contributed by atoms with E-state index in [4.69, 9.17) is 0 Å².